The predicted octanol–water partition coefficient (Wildman–Crippen LogP) is 8.31. The van der Waals surface area contributed by atoms with Gasteiger partial charge in [0.15, 0.2) is 0 Å². The van der Waals surface area contributed by atoms with E-state index in [4.69, 9.17) is 9.47 Å². The maximum Gasteiger partial charge on any atom is 0.145 e. The van der Waals surface area contributed by atoms with Gasteiger partial charge in [0.05, 0.1) is 21.4 Å². The molecule has 4 rings (SSSR count). The molecule has 0 saturated carbocycles. The number of allylic oxidation sites excluding steroid dienone is 2. The topological polar surface area (TPSA) is 18.5 Å². The fourth-order valence-corrected chi connectivity index (χ4v) is 6.30. The van der Waals surface area contributed by atoms with Crippen LogP contribution in [0.1, 0.15) is 22.3 Å². The molecule has 0 radical (unpaired) electrons. The smallest absolute Gasteiger partial charge is 0.145 e. The second kappa shape index (κ2) is 11.9. The van der Waals surface area contributed by atoms with Gasteiger partial charge >= 0.3 is 0 Å². The zero-order chi connectivity index (χ0) is 23.9. The highest BCUT2D eigenvalue weighted by molar-refractivity contribution is 14.1. The van der Waals surface area contributed by atoms with Gasteiger partial charge in [-0.15, -0.1) is 0 Å². The van der Waals surface area contributed by atoms with Crippen molar-refractivity contribution in [3.63, 3.8) is 0 Å². The van der Waals surface area contributed by atoms with Gasteiger partial charge in [-0.25, -0.2) is 0 Å². The minimum absolute atomic E-state index is 0.841. The van der Waals surface area contributed by atoms with E-state index in [2.05, 4.69) is 130 Å². The molecule has 0 aliphatic heterocycles. The standard InChI is InChI=1S/C30H26I2O2/c1-33-25-15-13-23(14-16-25)26(17-21-9-5-3-6-10-21)27(18-22-11-7-4-8-12-22)24-19-28(31)30(34-2)29(32)20-24/h3-16,19-20H,17-18H2,1-2H3/b27-26-. The minimum Gasteiger partial charge on any atom is -0.497 e. The van der Waals surface area contributed by atoms with Crippen LogP contribution < -0.4 is 9.47 Å². The average molecular weight is 672 g/mol. The Hall–Kier alpha value is -2.32. The molecule has 0 spiro atoms. The molecule has 0 atom stereocenters. The van der Waals surface area contributed by atoms with Gasteiger partial charge in [0.1, 0.15) is 11.5 Å². The highest BCUT2D eigenvalue weighted by atomic mass is 127. The number of rotatable bonds is 8. The third kappa shape index (κ3) is 6.02. The lowest BCUT2D eigenvalue weighted by Crippen LogP contribution is -2.02. The van der Waals surface area contributed by atoms with Crippen LogP contribution >= 0.6 is 45.2 Å². The monoisotopic (exact) mass is 672 g/mol. The molecule has 4 aromatic rings. The van der Waals surface area contributed by atoms with E-state index in [9.17, 15) is 0 Å². The van der Waals surface area contributed by atoms with Crippen molar-refractivity contribution < 1.29 is 9.47 Å². The van der Waals surface area contributed by atoms with Crippen LogP contribution in [0.4, 0.5) is 0 Å². The van der Waals surface area contributed by atoms with Crippen LogP contribution in [-0.2, 0) is 12.8 Å². The normalized spacial score (nSPS) is 11.6. The Morgan fingerprint density at radius 3 is 1.50 bits per heavy atom. The Labute approximate surface area is 229 Å². The lowest BCUT2D eigenvalue weighted by Gasteiger charge is -2.19. The van der Waals surface area contributed by atoms with E-state index in [1.54, 1.807) is 14.2 Å². The van der Waals surface area contributed by atoms with Gasteiger partial charge in [-0.3, -0.25) is 0 Å². The zero-order valence-corrected chi connectivity index (χ0v) is 23.5. The van der Waals surface area contributed by atoms with E-state index >= 15 is 0 Å². The van der Waals surface area contributed by atoms with E-state index in [1.165, 1.54) is 33.4 Å². The quantitative estimate of drug-likeness (QED) is 0.139. The fraction of sp³-hybridized carbons (Fsp3) is 0.133. The molecule has 4 heteroatoms. The molecule has 0 aliphatic rings. The highest BCUT2D eigenvalue weighted by Gasteiger charge is 2.17. The van der Waals surface area contributed by atoms with Crippen LogP contribution in [0.3, 0.4) is 0 Å². The SMILES string of the molecule is COc1ccc(/C(Cc2ccccc2)=C(/Cc2ccccc2)c2cc(I)c(OC)c(I)c2)cc1. The molecule has 0 amide bonds. The first-order valence-corrected chi connectivity index (χ1v) is 13.2. The predicted molar refractivity (Wildman–Crippen MR) is 159 cm³/mol. The number of benzene rings is 4. The van der Waals surface area contributed by atoms with E-state index in [-0.39, 0.29) is 0 Å². The van der Waals surface area contributed by atoms with E-state index in [0.29, 0.717) is 0 Å². The first kappa shape index (κ1) is 24.8. The van der Waals surface area contributed by atoms with Crippen LogP contribution in [0.15, 0.2) is 97.1 Å². The Morgan fingerprint density at radius 1 is 0.588 bits per heavy atom. The number of ether oxygens (including phenoxy) is 2. The van der Waals surface area contributed by atoms with Crippen LogP contribution in [0.25, 0.3) is 11.1 Å². The first-order chi connectivity index (χ1) is 16.6. The van der Waals surface area contributed by atoms with Crippen molar-refractivity contribution in [2.24, 2.45) is 0 Å². The summed E-state index contributed by atoms with van der Waals surface area (Å²) in [6.45, 7) is 0. The number of halogens is 2. The Balaban J connectivity index is 1.95. The van der Waals surface area contributed by atoms with Crippen molar-refractivity contribution in [1.29, 1.82) is 0 Å². The Morgan fingerprint density at radius 2 is 1.06 bits per heavy atom. The second-order valence-corrected chi connectivity index (χ2v) is 10.3. The molecule has 0 fully saturated rings. The largest absolute Gasteiger partial charge is 0.497 e. The van der Waals surface area contributed by atoms with Crippen LogP contribution in [-0.4, -0.2) is 14.2 Å². The molecule has 0 bridgehead atoms. The summed E-state index contributed by atoms with van der Waals surface area (Å²) in [5.41, 5.74) is 7.64. The van der Waals surface area contributed by atoms with Gasteiger partial charge in [-0.2, -0.15) is 0 Å². The summed E-state index contributed by atoms with van der Waals surface area (Å²) in [5.74, 6) is 1.79. The summed E-state index contributed by atoms with van der Waals surface area (Å²) in [6, 6.07) is 34.3. The van der Waals surface area contributed by atoms with Crippen LogP contribution in [0, 0.1) is 7.14 Å². The zero-order valence-electron chi connectivity index (χ0n) is 19.2. The number of hydrogen-bond donors (Lipinski definition) is 0. The van der Waals surface area contributed by atoms with Gasteiger partial charge < -0.3 is 9.47 Å². The van der Waals surface area contributed by atoms with Crippen LogP contribution in [0.5, 0.6) is 11.5 Å². The maximum atomic E-state index is 5.65. The Kier molecular flexibility index (Phi) is 8.67. The average Bonchev–Trinajstić information content (AvgIpc) is 2.87. The summed E-state index contributed by atoms with van der Waals surface area (Å²) < 4.78 is 13.3. The molecule has 0 unspecified atom stereocenters. The molecule has 0 N–H and O–H groups in total. The molecule has 0 saturated heterocycles. The third-order valence-electron chi connectivity index (χ3n) is 5.80. The summed E-state index contributed by atoms with van der Waals surface area (Å²) in [5, 5.41) is 0. The molecule has 0 aromatic heterocycles. The Bertz CT molecular complexity index is 1240. The molecular formula is C30H26I2O2. The second-order valence-electron chi connectivity index (χ2n) is 7.98. The highest BCUT2D eigenvalue weighted by Crippen LogP contribution is 2.37. The number of methoxy groups -OCH3 is 2. The molecule has 4 aromatic carbocycles. The molecular weight excluding hydrogens is 646 g/mol. The van der Waals surface area contributed by atoms with Gasteiger partial charge in [0, 0.05) is 0 Å². The van der Waals surface area contributed by atoms with Gasteiger partial charge in [0.2, 0.25) is 0 Å². The van der Waals surface area contributed by atoms with Crippen molar-refractivity contribution in [2.45, 2.75) is 12.8 Å². The van der Waals surface area contributed by atoms with Crippen molar-refractivity contribution in [3.8, 4) is 11.5 Å². The van der Waals surface area contributed by atoms with Crippen molar-refractivity contribution in [3.05, 3.63) is 126 Å². The van der Waals surface area contributed by atoms with Gasteiger partial charge in [-0.1, -0.05) is 72.8 Å². The lowest BCUT2D eigenvalue weighted by atomic mass is 9.86. The fourth-order valence-electron chi connectivity index (χ4n) is 4.09. The summed E-state index contributed by atoms with van der Waals surface area (Å²) in [6.07, 6.45) is 1.68. The molecule has 0 heterocycles. The maximum absolute atomic E-state index is 5.65. The van der Waals surface area contributed by atoms with E-state index in [1.807, 2.05) is 12.1 Å². The molecule has 172 valence electrons. The molecule has 2 nitrogen and oxygen atoms in total. The minimum atomic E-state index is 0.841. The van der Waals surface area contributed by atoms with Crippen LogP contribution in [0.2, 0.25) is 0 Å². The third-order valence-corrected chi connectivity index (χ3v) is 7.40. The number of hydrogen-bond acceptors (Lipinski definition) is 2. The summed E-state index contributed by atoms with van der Waals surface area (Å²) in [4.78, 5) is 0. The van der Waals surface area contributed by atoms with E-state index < -0.39 is 0 Å². The van der Waals surface area contributed by atoms with Crippen molar-refractivity contribution in [1.82, 2.24) is 0 Å². The summed E-state index contributed by atoms with van der Waals surface area (Å²) in [7, 11) is 3.44. The van der Waals surface area contributed by atoms with Crippen molar-refractivity contribution in [2.75, 3.05) is 14.2 Å². The van der Waals surface area contributed by atoms with Gasteiger partial charge in [-0.05, 0) is 116 Å². The molecule has 0 aliphatic carbocycles. The summed E-state index contributed by atoms with van der Waals surface area (Å²) >= 11 is 4.76. The first-order valence-electron chi connectivity index (χ1n) is 11.1. The van der Waals surface area contributed by atoms with Crippen molar-refractivity contribution >= 4 is 56.3 Å². The van der Waals surface area contributed by atoms with E-state index in [0.717, 1.165) is 31.5 Å². The molecule has 34 heavy (non-hydrogen) atoms. The van der Waals surface area contributed by atoms with Gasteiger partial charge in [0.25, 0.3) is 0 Å². The lowest BCUT2D eigenvalue weighted by molar-refractivity contribution is 0.408.